The summed E-state index contributed by atoms with van der Waals surface area (Å²) in [5.74, 6) is 2.56. The van der Waals surface area contributed by atoms with Crippen molar-refractivity contribution in [2.45, 2.75) is 61.1 Å². The number of benzene rings is 2. The van der Waals surface area contributed by atoms with E-state index in [4.69, 9.17) is 19.2 Å². The lowest BCUT2D eigenvalue weighted by atomic mass is 10.0. The van der Waals surface area contributed by atoms with Gasteiger partial charge in [-0.05, 0) is 68.0 Å². The third-order valence-electron chi connectivity index (χ3n) is 7.20. The highest BCUT2D eigenvalue weighted by atomic mass is 32.2. The number of fused-ring (bicyclic) bond motifs is 1. The molecule has 10 heteroatoms. The van der Waals surface area contributed by atoms with E-state index in [0.29, 0.717) is 41.7 Å². The molecule has 2 fully saturated rings. The van der Waals surface area contributed by atoms with Gasteiger partial charge in [-0.1, -0.05) is 18.7 Å². The summed E-state index contributed by atoms with van der Waals surface area (Å²) in [5, 5.41) is 0.830. The van der Waals surface area contributed by atoms with Crippen LogP contribution in [0.4, 0.5) is 0 Å². The zero-order valence-corrected chi connectivity index (χ0v) is 23.3. The van der Waals surface area contributed by atoms with E-state index in [0.717, 1.165) is 60.0 Å². The first kappa shape index (κ1) is 26.3. The van der Waals surface area contributed by atoms with Gasteiger partial charge in [0.15, 0.2) is 5.16 Å². The SMILES string of the molecule is COc1ccc(OC)c(CSc2nc3cc(S(=O)(=O)N4CCC[C@@H](C)C4)ccc3n2C[C@@H]2CCCO2)c1. The minimum Gasteiger partial charge on any atom is -0.497 e. The molecule has 2 aromatic carbocycles. The van der Waals surface area contributed by atoms with Gasteiger partial charge in [0.2, 0.25) is 10.0 Å². The van der Waals surface area contributed by atoms with Gasteiger partial charge in [-0.2, -0.15) is 4.31 Å². The van der Waals surface area contributed by atoms with Crippen molar-refractivity contribution in [1.82, 2.24) is 13.9 Å². The number of aromatic nitrogens is 2. The summed E-state index contributed by atoms with van der Waals surface area (Å²) in [5.41, 5.74) is 2.61. The second-order valence-corrected chi connectivity index (χ2v) is 12.7. The molecule has 0 saturated carbocycles. The molecule has 0 amide bonds. The van der Waals surface area contributed by atoms with Crippen molar-refractivity contribution < 1.29 is 22.6 Å². The Morgan fingerprint density at radius 1 is 1.11 bits per heavy atom. The van der Waals surface area contributed by atoms with E-state index in [2.05, 4.69) is 11.5 Å². The van der Waals surface area contributed by atoms with Gasteiger partial charge in [0.25, 0.3) is 0 Å². The van der Waals surface area contributed by atoms with Gasteiger partial charge in [-0.15, -0.1) is 0 Å². The number of nitrogens with zero attached hydrogens (tertiary/aromatic N) is 3. The fourth-order valence-corrected chi connectivity index (χ4v) is 7.80. The number of hydrogen-bond donors (Lipinski definition) is 0. The second-order valence-electron chi connectivity index (χ2n) is 9.87. The van der Waals surface area contributed by atoms with Crippen LogP contribution >= 0.6 is 11.8 Å². The summed E-state index contributed by atoms with van der Waals surface area (Å²) in [7, 11) is -0.253. The number of imidazole rings is 1. The van der Waals surface area contributed by atoms with Crippen LogP contribution in [0, 0.1) is 5.92 Å². The summed E-state index contributed by atoms with van der Waals surface area (Å²) in [6.07, 6.45) is 4.15. The molecule has 1 aromatic heterocycles. The lowest BCUT2D eigenvalue weighted by Gasteiger charge is -2.30. The summed E-state index contributed by atoms with van der Waals surface area (Å²) >= 11 is 1.60. The Hall–Kier alpha value is -2.27. The van der Waals surface area contributed by atoms with Gasteiger partial charge in [0, 0.05) is 31.0 Å². The highest BCUT2D eigenvalue weighted by Gasteiger charge is 2.29. The molecule has 3 heterocycles. The molecule has 2 aliphatic heterocycles. The minimum absolute atomic E-state index is 0.126. The molecule has 37 heavy (non-hydrogen) atoms. The third kappa shape index (κ3) is 5.62. The Balaban J connectivity index is 1.48. The predicted molar refractivity (Wildman–Crippen MR) is 145 cm³/mol. The molecule has 8 nitrogen and oxygen atoms in total. The smallest absolute Gasteiger partial charge is 0.243 e. The first-order chi connectivity index (χ1) is 17.9. The summed E-state index contributed by atoms with van der Waals surface area (Å²) in [6, 6.07) is 11.1. The fourth-order valence-electron chi connectivity index (χ4n) is 5.18. The Kier molecular flexibility index (Phi) is 7.99. The van der Waals surface area contributed by atoms with Crippen LogP contribution in [-0.2, 0) is 27.1 Å². The lowest BCUT2D eigenvalue weighted by Crippen LogP contribution is -2.39. The molecule has 2 saturated heterocycles. The number of thioether (sulfide) groups is 1. The molecule has 0 aliphatic carbocycles. The van der Waals surface area contributed by atoms with Crippen LogP contribution in [0.3, 0.4) is 0 Å². The molecular weight excluding hydrogens is 510 g/mol. The monoisotopic (exact) mass is 545 g/mol. The van der Waals surface area contributed by atoms with Crippen LogP contribution in [0.5, 0.6) is 11.5 Å². The van der Waals surface area contributed by atoms with Crippen molar-refractivity contribution in [3.63, 3.8) is 0 Å². The number of sulfonamides is 1. The molecule has 0 spiro atoms. The predicted octanol–water partition coefficient (Wildman–Crippen LogP) is 4.95. The summed E-state index contributed by atoms with van der Waals surface area (Å²) in [4.78, 5) is 5.22. The highest BCUT2D eigenvalue weighted by Crippen LogP contribution is 2.34. The number of piperidine rings is 1. The van der Waals surface area contributed by atoms with Crippen molar-refractivity contribution in [3.8, 4) is 11.5 Å². The summed E-state index contributed by atoms with van der Waals surface area (Å²) < 4.78 is 47.5. The largest absolute Gasteiger partial charge is 0.497 e. The number of methoxy groups -OCH3 is 2. The standard InChI is InChI=1S/C27H35N3O5S2/c1-19-6-4-12-29(16-19)37(31,32)23-9-10-25-24(15-23)28-27(30(25)17-22-7-5-13-35-22)36-18-20-14-21(33-2)8-11-26(20)34-3/h8-11,14-15,19,22H,4-7,12-13,16-18H2,1-3H3/t19-,22+/m1/s1. The number of rotatable bonds is 9. The number of ether oxygens (including phenoxy) is 3. The number of hydrogen-bond acceptors (Lipinski definition) is 7. The van der Waals surface area contributed by atoms with Gasteiger partial charge in [0.1, 0.15) is 11.5 Å². The lowest BCUT2D eigenvalue weighted by molar-refractivity contribution is 0.0960. The van der Waals surface area contributed by atoms with Crippen molar-refractivity contribution in [1.29, 1.82) is 0 Å². The van der Waals surface area contributed by atoms with E-state index >= 15 is 0 Å². The van der Waals surface area contributed by atoms with E-state index in [1.165, 1.54) is 0 Å². The molecule has 0 bridgehead atoms. The molecule has 0 radical (unpaired) electrons. The van der Waals surface area contributed by atoms with Crippen LogP contribution in [-0.4, -0.2) is 62.3 Å². The van der Waals surface area contributed by atoms with Crippen LogP contribution in [0.1, 0.15) is 38.2 Å². The van der Waals surface area contributed by atoms with Gasteiger partial charge in [-0.25, -0.2) is 13.4 Å². The van der Waals surface area contributed by atoms with E-state index < -0.39 is 10.0 Å². The van der Waals surface area contributed by atoms with E-state index in [-0.39, 0.29) is 6.10 Å². The van der Waals surface area contributed by atoms with Crippen molar-refractivity contribution in [3.05, 3.63) is 42.0 Å². The van der Waals surface area contributed by atoms with Gasteiger partial charge in [0.05, 0.1) is 42.8 Å². The molecule has 200 valence electrons. The fraction of sp³-hybridized carbons (Fsp3) is 0.519. The Labute approximate surface area is 223 Å². The Morgan fingerprint density at radius 3 is 2.70 bits per heavy atom. The molecule has 3 aromatic rings. The van der Waals surface area contributed by atoms with Crippen LogP contribution in [0.2, 0.25) is 0 Å². The Morgan fingerprint density at radius 2 is 1.97 bits per heavy atom. The van der Waals surface area contributed by atoms with Crippen molar-refractivity contribution in [2.24, 2.45) is 5.92 Å². The van der Waals surface area contributed by atoms with Crippen molar-refractivity contribution >= 4 is 32.8 Å². The highest BCUT2D eigenvalue weighted by molar-refractivity contribution is 7.98. The normalized spacial score (nSPS) is 20.9. The average Bonchev–Trinajstić information content (AvgIpc) is 3.55. The van der Waals surface area contributed by atoms with Crippen molar-refractivity contribution in [2.75, 3.05) is 33.9 Å². The zero-order chi connectivity index (χ0) is 26.0. The minimum atomic E-state index is -3.56. The van der Waals surface area contributed by atoms with Gasteiger partial charge in [-0.3, -0.25) is 0 Å². The van der Waals surface area contributed by atoms with E-state index in [1.54, 1.807) is 42.4 Å². The quantitative estimate of drug-likeness (QED) is 0.352. The zero-order valence-electron chi connectivity index (χ0n) is 21.7. The van der Waals surface area contributed by atoms with Crippen LogP contribution in [0.25, 0.3) is 11.0 Å². The maximum atomic E-state index is 13.4. The Bertz CT molecular complexity index is 1350. The van der Waals surface area contributed by atoms with Gasteiger partial charge >= 0.3 is 0 Å². The maximum Gasteiger partial charge on any atom is 0.243 e. The molecule has 0 N–H and O–H groups in total. The molecule has 5 rings (SSSR count). The van der Waals surface area contributed by atoms with Crippen LogP contribution in [0.15, 0.2) is 46.5 Å². The average molecular weight is 546 g/mol. The van der Waals surface area contributed by atoms with Crippen LogP contribution < -0.4 is 9.47 Å². The maximum absolute atomic E-state index is 13.4. The van der Waals surface area contributed by atoms with Gasteiger partial charge < -0.3 is 18.8 Å². The van der Waals surface area contributed by atoms with E-state index in [1.807, 2.05) is 24.3 Å². The topological polar surface area (TPSA) is 82.9 Å². The first-order valence-electron chi connectivity index (χ1n) is 12.8. The molecular formula is C27H35N3O5S2. The summed E-state index contributed by atoms with van der Waals surface area (Å²) in [6.45, 7) is 4.71. The second kappa shape index (κ2) is 11.2. The molecule has 0 unspecified atom stereocenters. The van der Waals surface area contributed by atoms with E-state index in [9.17, 15) is 8.42 Å². The third-order valence-corrected chi connectivity index (χ3v) is 10.1. The molecule has 2 atom stereocenters. The first-order valence-corrected chi connectivity index (χ1v) is 15.3. The molecule has 2 aliphatic rings.